The zero-order valence-electron chi connectivity index (χ0n) is 18.6. The van der Waals surface area contributed by atoms with Gasteiger partial charge in [0.1, 0.15) is 11.6 Å². The van der Waals surface area contributed by atoms with Gasteiger partial charge in [-0.15, -0.1) is 0 Å². The molecular weight excluding hydrogens is 367 g/mol. The number of methoxy groups -OCH3 is 1. The molecule has 3 nitrogen and oxygen atoms in total. The van der Waals surface area contributed by atoms with E-state index in [0.29, 0.717) is 6.42 Å². The van der Waals surface area contributed by atoms with Crippen LogP contribution >= 0.6 is 0 Å². The first-order valence-electron chi connectivity index (χ1n) is 10.0. The van der Waals surface area contributed by atoms with E-state index in [1.54, 1.807) is 13.2 Å². The molecule has 29 heavy (non-hydrogen) atoms. The fourth-order valence-electron chi connectivity index (χ4n) is 3.51. The predicted molar refractivity (Wildman–Crippen MR) is 116 cm³/mol. The van der Waals surface area contributed by atoms with Gasteiger partial charge in [-0.05, 0) is 46.4 Å². The van der Waals surface area contributed by atoms with Gasteiger partial charge >= 0.3 is 5.97 Å². The minimum absolute atomic E-state index is 0.0635. The molecule has 0 radical (unpaired) electrons. The Bertz CT molecular complexity index is 851. The second-order valence-corrected chi connectivity index (χ2v) is 9.72. The Morgan fingerprint density at radius 1 is 0.931 bits per heavy atom. The minimum Gasteiger partial charge on any atom is -0.496 e. The number of halogens is 1. The van der Waals surface area contributed by atoms with Crippen LogP contribution in [-0.2, 0) is 34.9 Å². The van der Waals surface area contributed by atoms with Crippen molar-refractivity contribution in [2.75, 3.05) is 7.11 Å². The number of ether oxygens (including phenoxy) is 1. The predicted octanol–water partition coefficient (Wildman–Crippen LogP) is 5.84. The van der Waals surface area contributed by atoms with Gasteiger partial charge in [-0.25, -0.2) is 4.39 Å². The summed E-state index contributed by atoms with van der Waals surface area (Å²) in [5.74, 6) is -0.539. The van der Waals surface area contributed by atoms with Crippen molar-refractivity contribution >= 4 is 5.97 Å². The first kappa shape index (κ1) is 22.9. The molecule has 2 rings (SSSR count). The van der Waals surface area contributed by atoms with E-state index in [4.69, 9.17) is 9.84 Å². The van der Waals surface area contributed by atoms with Crippen molar-refractivity contribution in [2.24, 2.45) is 0 Å². The van der Waals surface area contributed by atoms with E-state index in [1.165, 1.54) is 22.8 Å². The standard InChI is InChI=1S/C25H33FO3/c1-24(2,3)19-12-17(13-20(23(19)29-7)25(4,5)6)9-8-16-10-11-18(15-22(27)28)21(26)14-16/h10-14H,8-9,15H2,1-7H3,(H,27,28). The van der Waals surface area contributed by atoms with E-state index in [-0.39, 0.29) is 22.8 Å². The summed E-state index contributed by atoms with van der Waals surface area (Å²) in [7, 11) is 1.72. The lowest BCUT2D eigenvalue weighted by Gasteiger charge is -2.30. The molecule has 1 N–H and O–H groups in total. The molecule has 4 heteroatoms. The summed E-state index contributed by atoms with van der Waals surface area (Å²) >= 11 is 0. The van der Waals surface area contributed by atoms with E-state index in [9.17, 15) is 9.18 Å². The van der Waals surface area contributed by atoms with Crippen molar-refractivity contribution < 1.29 is 19.0 Å². The van der Waals surface area contributed by atoms with Crippen LogP contribution in [0.2, 0.25) is 0 Å². The van der Waals surface area contributed by atoms with E-state index in [1.807, 2.05) is 6.07 Å². The highest BCUT2D eigenvalue weighted by Gasteiger charge is 2.27. The maximum atomic E-state index is 14.2. The van der Waals surface area contributed by atoms with Crippen LogP contribution in [0.5, 0.6) is 5.75 Å². The smallest absolute Gasteiger partial charge is 0.307 e. The molecule has 0 aliphatic heterocycles. The van der Waals surface area contributed by atoms with Crippen LogP contribution in [0.15, 0.2) is 30.3 Å². The number of rotatable bonds is 6. The molecule has 0 saturated heterocycles. The third-order valence-electron chi connectivity index (χ3n) is 5.13. The Kier molecular flexibility index (Phi) is 6.77. The Labute approximate surface area is 173 Å². The van der Waals surface area contributed by atoms with Gasteiger partial charge in [-0.3, -0.25) is 4.79 Å². The van der Waals surface area contributed by atoms with Crippen LogP contribution in [0.3, 0.4) is 0 Å². The van der Waals surface area contributed by atoms with Crippen LogP contribution in [0.25, 0.3) is 0 Å². The molecule has 0 aliphatic rings. The van der Waals surface area contributed by atoms with Gasteiger partial charge in [0.05, 0.1) is 13.5 Å². The third kappa shape index (κ3) is 5.81. The normalized spacial score (nSPS) is 12.1. The highest BCUT2D eigenvalue weighted by molar-refractivity contribution is 5.70. The second-order valence-electron chi connectivity index (χ2n) is 9.72. The Morgan fingerprint density at radius 2 is 1.45 bits per heavy atom. The van der Waals surface area contributed by atoms with E-state index in [0.717, 1.165) is 17.7 Å². The molecule has 2 aromatic rings. The third-order valence-corrected chi connectivity index (χ3v) is 5.13. The zero-order valence-corrected chi connectivity index (χ0v) is 18.6. The lowest BCUT2D eigenvalue weighted by Crippen LogP contribution is -2.20. The average Bonchev–Trinajstić information content (AvgIpc) is 2.59. The molecule has 2 aromatic carbocycles. The molecule has 0 unspecified atom stereocenters. The van der Waals surface area contributed by atoms with E-state index >= 15 is 0 Å². The van der Waals surface area contributed by atoms with Crippen molar-refractivity contribution in [2.45, 2.75) is 71.6 Å². The van der Waals surface area contributed by atoms with Crippen molar-refractivity contribution in [1.29, 1.82) is 0 Å². The number of aryl methyl sites for hydroxylation is 2. The fourth-order valence-corrected chi connectivity index (χ4v) is 3.51. The van der Waals surface area contributed by atoms with Crippen LogP contribution < -0.4 is 4.74 Å². The Hall–Kier alpha value is -2.36. The van der Waals surface area contributed by atoms with Crippen LogP contribution in [0.4, 0.5) is 4.39 Å². The Morgan fingerprint density at radius 3 is 1.86 bits per heavy atom. The van der Waals surface area contributed by atoms with Crippen LogP contribution in [-0.4, -0.2) is 18.2 Å². The quantitative estimate of drug-likeness (QED) is 0.662. The van der Waals surface area contributed by atoms with Gasteiger partial charge in [0.15, 0.2) is 0 Å². The summed E-state index contributed by atoms with van der Waals surface area (Å²) in [6.07, 6.45) is 1.16. The monoisotopic (exact) mass is 400 g/mol. The molecule has 0 amide bonds. The molecule has 0 heterocycles. The molecule has 0 aliphatic carbocycles. The highest BCUT2D eigenvalue weighted by atomic mass is 19.1. The molecule has 0 saturated carbocycles. The molecule has 0 bridgehead atoms. The molecule has 0 spiro atoms. The second kappa shape index (κ2) is 8.56. The summed E-state index contributed by atoms with van der Waals surface area (Å²) < 4.78 is 20.0. The minimum atomic E-state index is -1.03. The average molecular weight is 401 g/mol. The summed E-state index contributed by atoms with van der Waals surface area (Å²) in [5.41, 5.74) is 4.49. The van der Waals surface area contributed by atoms with E-state index < -0.39 is 11.8 Å². The van der Waals surface area contributed by atoms with Crippen LogP contribution in [0.1, 0.15) is 69.4 Å². The van der Waals surface area contributed by atoms with Crippen molar-refractivity contribution in [1.82, 2.24) is 0 Å². The number of benzene rings is 2. The van der Waals surface area contributed by atoms with Crippen molar-refractivity contribution in [3.05, 3.63) is 64.0 Å². The van der Waals surface area contributed by atoms with E-state index in [2.05, 4.69) is 53.7 Å². The Balaban J connectivity index is 2.36. The zero-order chi connectivity index (χ0) is 22.0. The van der Waals surface area contributed by atoms with Gasteiger partial charge < -0.3 is 9.84 Å². The molecule has 158 valence electrons. The molecule has 0 atom stereocenters. The van der Waals surface area contributed by atoms with Crippen molar-refractivity contribution in [3.8, 4) is 5.75 Å². The fraction of sp³-hybridized carbons (Fsp3) is 0.480. The summed E-state index contributed by atoms with van der Waals surface area (Å²) in [5, 5.41) is 8.86. The molecular formula is C25H33FO3. The lowest BCUT2D eigenvalue weighted by molar-refractivity contribution is -0.136. The van der Waals surface area contributed by atoms with Crippen molar-refractivity contribution in [3.63, 3.8) is 0 Å². The first-order valence-corrected chi connectivity index (χ1v) is 10.0. The SMILES string of the molecule is COc1c(C(C)(C)C)cc(CCc2ccc(CC(=O)O)c(F)c2)cc1C(C)(C)C. The van der Waals surface area contributed by atoms with Gasteiger partial charge in [-0.1, -0.05) is 65.8 Å². The summed E-state index contributed by atoms with van der Waals surface area (Å²) in [4.78, 5) is 10.8. The number of carboxylic acid groups (broad SMARTS) is 1. The summed E-state index contributed by atoms with van der Waals surface area (Å²) in [6, 6.07) is 9.25. The number of carboxylic acids is 1. The topological polar surface area (TPSA) is 46.5 Å². The van der Waals surface area contributed by atoms with Gasteiger partial charge in [0.25, 0.3) is 0 Å². The summed E-state index contributed by atoms with van der Waals surface area (Å²) in [6.45, 7) is 13.1. The van der Waals surface area contributed by atoms with Gasteiger partial charge in [0.2, 0.25) is 0 Å². The highest BCUT2D eigenvalue weighted by Crippen LogP contribution is 2.40. The first-order chi connectivity index (χ1) is 13.3. The number of carbonyl (C=O) groups is 1. The van der Waals surface area contributed by atoms with Gasteiger partial charge in [-0.2, -0.15) is 0 Å². The largest absolute Gasteiger partial charge is 0.496 e. The maximum absolute atomic E-state index is 14.2. The van der Waals surface area contributed by atoms with Crippen LogP contribution in [0, 0.1) is 5.82 Å². The van der Waals surface area contributed by atoms with Gasteiger partial charge in [0, 0.05) is 11.1 Å². The lowest BCUT2D eigenvalue weighted by atomic mass is 9.78. The molecule has 0 fully saturated rings. The maximum Gasteiger partial charge on any atom is 0.307 e. The number of hydrogen-bond donors (Lipinski definition) is 1. The number of hydrogen-bond acceptors (Lipinski definition) is 2. The molecule has 0 aromatic heterocycles. The number of aliphatic carboxylic acids is 1.